The maximum Gasteiger partial charge on any atom is 0.453 e. The molecule has 0 saturated carbocycles. The zero-order chi connectivity index (χ0) is 15.2. The van der Waals surface area contributed by atoms with Crippen molar-refractivity contribution in [1.82, 2.24) is 14.6 Å². The number of nitrogens with zero attached hydrogens (tertiary/aromatic N) is 3. The highest BCUT2D eigenvalue weighted by Crippen LogP contribution is 2.30. The van der Waals surface area contributed by atoms with Crippen LogP contribution in [0.1, 0.15) is 11.4 Å². The summed E-state index contributed by atoms with van der Waals surface area (Å²) in [6.07, 6.45) is -4.66. The van der Waals surface area contributed by atoms with Crippen LogP contribution in [0.25, 0.3) is 16.2 Å². The van der Waals surface area contributed by atoms with Crippen molar-refractivity contribution in [3.05, 3.63) is 41.0 Å². The van der Waals surface area contributed by atoms with Crippen LogP contribution in [0.3, 0.4) is 0 Å². The third-order valence-electron chi connectivity index (χ3n) is 2.80. The fourth-order valence-corrected chi connectivity index (χ4v) is 2.64. The summed E-state index contributed by atoms with van der Waals surface area (Å²) >= 11 is 1.37. The average Bonchev–Trinajstić information content (AvgIpc) is 3.05. The molecule has 3 aromatic heterocycles. The van der Waals surface area contributed by atoms with Crippen molar-refractivity contribution in [1.29, 1.82) is 5.41 Å². The van der Waals surface area contributed by atoms with Crippen molar-refractivity contribution in [3.8, 4) is 10.6 Å². The Labute approximate surface area is 120 Å². The van der Waals surface area contributed by atoms with Crippen LogP contribution in [0.5, 0.6) is 0 Å². The van der Waals surface area contributed by atoms with E-state index in [0.29, 0.717) is 5.69 Å². The first-order chi connectivity index (χ1) is 9.88. The normalized spacial score (nSPS) is 12.0. The highest BCUT2D eigenvalue weighted by Gasteiger charge is 2.37. The Kier molecular flexibility index (Phi) is 2.94. The van der Waals surface area contributed by atoms with Gasteiger partial charge < -0.3 is 5.73 Å². The Hall–Kier alpha value is -2.42. The minimum atomic E-state index is -4.66. The monoisotopic (exact) mass is 311 g/mol. The number of thiophene rings is 1. The molecule has 3 aromatic rings. The number of nitrogen functional groups attached to an aromatic ring is 1. The van der Waals surface area contributed by atoms with Crippen molar-refractivity contribution in [2.75, 3.05) is 0 Å². The lowest BCUT2D eigenvalue weighted by Gasteiger charge is -2.05. The summed E-state index contributed by atoms with van der Waals surface area (Å²) in [6.45, 7) is 0. The van der Waals surface area contributed by atoms with Crippen molar-refractivity contribution in [3.63, 3.8) is 0 Å². The molecule has 9 heteroatoms. The number of alkyl halides is 3. The summed E-state index contributed by atoms with van der Waals surface area (Å²) in [5, 5.41) is 12.8. The molecule has 0 amide bonds. The number of nitrogens with two attached hydrogens (primary N) is 1. The van der Waals surface area contributed by atoms with Gasteiger partial charge in [0.25, 0.3) is 5.82 Å². The molecular formula is C12H8F3N5S. The van der Waals surface area contributed by atoms with E-state index in [2.05, 4.69) is 10.1 Å². The number of pyridine rings is 1. The number of fused-ring (bicyclic) bond motifs is 1. The molecule has 3 heterocycles. The predicted molar refractivity (Wildman–Crippen MR) is 72.3 cm³/mol. The summed E-state index contributed by atoms with van der Waals surface area (Å²) < 4.78 is 39.5. The van der Waals surface area contributed by atoms with E-state index in [4.69, 9.17) is 11.1 Å². The molecule has 0 radical (unpaired) electrons. The van der Waals surface area contributed by atoms with E-state index in [1.165, 1.54) is 17.4 Å². The van der Waals surface area contributed by atoms with Gasteiger partial charge >= 0.3 is 6.18 Å². The van der Waals surface area contributed by atoms with Crippen LogP contribution >= 0.6 is 11.3 Å². The maximum absolute atomic E-state index is 12.8. The van der Waals surface area contributed by atoms with Crippen LogP contribution in [0.4, 0.5) is 13.2 Å². The standard InChI is InChI=1S/C12H8F3N5S/c13-12(14,15)11-18-10-6(9(16)17)3-4-7(20(10)19-11)8-2-1-5-21-8/h1-5H,(H3,16,17). The van der Waals surface area contributed by atoms with Gasteiger partial charge in [-0.15, -0.1) is 16.4 Å². The fraction of sp³-hybridized carbons (Fsp3) is 0.0833. The second kappa shape index (κ2) is 4.55. The van der Waals surface area contributed by atoms with Crippen molar-refractivity contribution < 1.29 is 13.2 Å². The van der Waals surface area contributed by atoms with Crippen LogP contribution in [-0.4, -0.2) is 20.4 Å². The molecular weight excluding hydrogens is 303 g/mol. The molecule has 21 heavy (non-hydrogen) atoms. The molecule has 0 spiro atoms. The van der Waals surface area contributed by atoms with E-state index in [1.54, 1.807) is 18.2 Å². The molecule has 0 saturated heterocycles. The summed E-state index contributed by atoms with van der Waals surface area (Å²) in [7, 11) is 0. The second-order valence-electron chi connectivity index (χ2n) is 4.19. The van der Waals surface area contributed by atoms with Gasteiger partial charge in [-0.25, -0.2) is 9.50 Å². The van der Waals surface area contributed by atoms with Gasteiger partial charge in [-0.2, -0.15) is 13.2 Å². The number of hydrogen-bond acceptors (Lipinski definition) is 4. The second-order valence-corrected chi connectivity index (χ2v) is 5.14. The molecule has 0 aromatic carbocycles. The van der Waals surface area contributed by atoms with Crippen LogP contribution in [0.2, 0.25) is 0 Å². The van der Waals surface area contributed by atoms with Gasteiger partial charge in [-0.1, -0.05) is 6.07 Å². The zero-order valence-corrected chi connectivity index (χ0v) is 11.2. The fourth-order valence-electron chi connectivity index (χ4n) is 1.90. The Morgan fingerprint density at radius 1 is 1.29 bits per heavy atom. The molecule has 0 aliphatic heterocycles. The molecule has 0 bridgehead atoms. The quantitative estimate of drug-likeness (QED) is 0.564. The predicted octanol–water partition coefficient (Wildman–Crippen LogP) is 2.76. The van der Waals surface area contributed by atoms with Crippen LogP contribution < -0.4 is 5.73 Å². The summed E-state index contributed by atoms with van der Waals surface area (Å²) in [5.41, 5.74) is 5.88. The van der Waals surface area contributed by atoms with Crippen LogP contribution in [0, 0.1) is 5.41 Å². The van der Waals surface area contributed by atoms with Gasteiger partial charge in [-0.3, -0.25) is 5.41 Å². The van der Waals surface area contributed by atoms with E-state index in [1.807, 2.05) is 5.38 Å². The molecule has 3 rings (SSSR count). The number of aromatic nitrogens is 3. The van der Waals surface area contributed by atoms with E-state index < -0.39 is 12.0 Å². The molecule has 5 nitrogen and oxygen atoms in total. The van der Waals surface area contributed by atoms with Gasteiger partial charge in [0, 0.05) is 0 Å². The topological polar surface area (TPSA) is 80.1 Å². The average molecular weight is 311 g/mol. The van der Waals surface area contributed by atoms with E-state index in [-0.39, 0.29) is 17.0 Å². The first kappa shape index (κ1) is 13.6. The number of nitrogens with one attached hydrogen (secondary N) is 1. The lowest BCUT2D eigenvalue weighted by molar-refractivity contribution is -0.144. The number of rotatable bonds is 2. The number of hydrogen-bond donors (Lipinski definition) is 2. The third kappa shape index (κ3) is 2.25. The van der Waals surface area contributed by atoms with Gasteiger partial charge in [0.1, 0.15) is 5.84 Å². The Morgan fingerprint density at radius 3 is 2.62 bits per heavy atom. The molecule has 108 valence electrons. The number of amidine groups is 1. The molecule has 0 atom stereocenters. The minimum Gasteiger partial charge on any atom is -0.384 e. The van der Waals surface area contributed by atoms with E-state index in [9.17, 15) is 13.2 Å². The Balaban J connectivity index is 2.35. The van der Waals surface area contributed by atoms with Crippen molar-refractivity contribution in [2.24, 2.45) is 5.73 Å². The molecule has 3 N–H and O–H groups in total. The minimum absolute atomic E-state index is 0.0827. The Bertz CT molecular complexity index is 819. The van der Waals surface area contributed by atoms with Crippen LogP contribution in [0.15, 0.2) is 29.6 Å². The molecule has 0 unspecified atom stereocenters. The van der Waals surface area contributed by atoms with E-state index in [0.717, 1.165) is 9.39 Å². The van der Waals surface area contributed by atoms with Gasteiger partial charge in [0.2, 0.25) is 0 Å². The highest BCUT2D eigenvalue weighted by molar-refractivity contribution is 7.13. The van der Waals surface area contributed by atoms with Gasteiger partial charge in [0.05, 0.1) is 16.1 Å². The summed E-state index contributed by atoms with van der Waals surface area (Å²) in [4.78, 5) is 4.23. The smallest absolute Gasteiger partial charge is 0.384 e. The molecule has 0 fully saturated rings. The first-order valence-electron chi connectivity index (χ1n) is 5.73. The SMILES string of the molecule is N=C(N)c1ccc(-c2cccs2)n2nc(C(F)(F)F)nc12. The van der Waals surface area contributed by atoms with Crippen LogP contribution in [-0.2, 0) is 6.18 Å². The van der Waals surface area contributed by atoms with Crippen molar-refractivity contribution in [2.45, 2.75) is 6.18 Å². The third-order valence-corrected chi connectivity index (χ3v) is 3.69. The zero-order valence-electron chi connectivity index (χ0n) is 10.3. The Morgan fingerprint density at radius 2 is 2.05 bits per heavy atom. The van der Waals surface area contributed by atoms with Gasteiger partial charge in [0.15, 0.2) is 5.65 Å². The largest absolute Gasteiger partial charge is 0.453 e. The summed E-state index contributed by atoms with van der Waals surface area (Å²) in [5.74, 6) is -1.62. The van der Waals surface area contributed by atoms with Crippen molar-refractivity contribution >= 4 is 22.8 Å². The lowest BCUT2D eigenvalue weighted by Crippen LogP contribution is -2.13. The molecule has 0 aliphatic carbocycles. The number of halogens is 3. The summed E-state index contributed by atoms with van der Waals surface area (Å²) in [6, 6.07) is 6.60. The first-order valence-corrected chi connectivity index (χ1v) is 6.61. The maximum atomic E-state index is 12.8. The van der Waals surface area contributed by atoms with Gasteiger partial charge in [-0.05, 0) is 23.6 Å². The molecule has 0 aliphatic rings. The lowest BCUT2D eigenvalue weighted by atomic mass is 10.2. The van der Waals surface area contributed by atoms with E-state index >= 15 is 0 Å². The highest BCUT2D eigenvalue weighted by atomic mass is 32.1.